The zero-order valence-electron chi connectivity index (χ0n) is 15.0. The van der Waals surface area contributed by atoms with E-state index in [2.05, 4.69) is 15.1 Å². The summed E-state index contributed by atoms with van der Waals surface area (Å²) >= 11 is 0. The molecule has 1 atom stereocenters. The van der Waals surface area contributed by atoms with E-state index in [-0.39, 0.29) is 23.3 Å². The number of rotatable bonds is 2. The van der Waals surface area contributed by atoms with Crippen molar-refractivity contribution in [3.05, 3.63) is 42.2 Å². The van der Waals surface area contributed by atoms with Gasteiger partial charge in [0, 0.05) is 58.1 Å². The van der Waals surface area contributed by atoms with Crippen molar-refractivity contribution in [1.29, 1.82) is 0 Å². The minimum absolute atomic E-state index is 0.0992. The van der Waals surface area contributed by atoms with Gasteiger partial charge in [-0.25, -0.2) is 4.98 Å². The lowest BCUT2D eigenvalue weighted by Crippen LogP contribution is -2.55. The molecule has 0 saturated carbocycles. The topological polar surface area (TPSA) is 84.2 Å². The normalized spacial score (nSPS) is 22.2. The maximum atomic E-state index is 12.6. The Bertz CT molecular complexity index is 825. The second-order valence-electron chi connectivity index (χ2n) is 7.14. The van der Waals surface area contributed by atoms with Gasteiger partial charge in [-0.15, -0.1) is 0 Å². The molecule has 0 N–H and O–H groups in total. The Hall–Kier alpha value is -2.77. The van der Waals surface area contributed by atoms with Crippen LogP contribution in [0.4, 0.5) is 0 Å². The highest BCUT2D eigenvalue weighted by Gasteiger charge is 2.53. The van der Waals surface area contributed by atoms with Crippen LogP contribution < -0.4 is 0 Å². The molecule has 26 heavy (non-hydrogen) atoms. The number of likely N-dealkylation sites (tertiary alicyclic amines) is 2. The van der Waals surface area contributed by atoms with Crippen molar-refractivity contribution in [3.8, 4) is 0 Å². The summed E-state index contributed by atoms with van der Waals surface area (Å²) in [6.07, 6.45) is 10.4. The molecule has 4 heterocycles. The summed E-state index contributed by atoms with van der Waals surface area (Å²) in [4.78, 5) is 36.9. The van der Waals surface area contributed by atoms with E-state index in [1.165, 1.54) is 12.4 Å². The second-order valence-corrected chi connectivity index (χ2v) is 7.14. The van der Waals surface area contributed by atoms with Crippen LogP contribution in [0.5, 0.6) is 0 Å². The molecule has 2 aromatic heterocycles. The van der Waals surface area contributed by atoms with E-state index in [4.69, 9.17) is 0 Å². The van der Waals surface area contributed by atoms with Crippen LogP contribution in [0, 0.1) is 0 Å². The third-order valence-electron chi connectivity index (χ3n) is 5.90. The highest BCUT2D eigenvalue weighted by atomic mass is 16.2. The van der Waals surface area contributed by atoms with Crippen molar-refractivity contribution in [1.82, 2.24) is 29.5 Å². The Morgan fingerprint density at radius 1 is 1.19 bits per heavy atom. The molecule has 2 saturated heterocycles. The summed E-state index contributed by atoms with van der Waals surface area (Å²) in [5.74, 6) is 0.174. The number of piperidine rings is 1. The molecule has 1 spiro atoms. The van der Waals surface area contributed by atoms with Gasteiger partial charge in [0.05, 0.1) is 17.9 Å². The minimum atomic E-state index is -0.251. The predicted molar refractivity (Wildman–Crippen MR) is 93.2 cm³/mol. The number of amides is 2. The number of carbonyl (C=O) groups excluding carboxylic acids is 2. The smallest absolute Gasteiger partial charge is 0.274 e. The van der Waals surface area contributed by atoms with Gasteiger partial charge >= 0.3 is 0 Å². The monoisotopic (exact) mass is 354 g/mol. The molecule has 0 aliphatic carbocycles. The van der Waals surface area contributed by atoms with Crippen LogP contribution in [0.1, 0.15) is 41.2 Å². The average Bonchev–Trinajstić information content (AvgIpc) is 3.20. The van der Waals surface area contributed by atoms with Crippen LogP contribution in [0.3, 0.4) is 0 Å². The van der Waals surface area contributed by atoms with Crippen LogP contribution in [-0.4, -0.2) is 67.0 Å². The predicted octanol–water partition coefficient (Wildman–Crippen LogP) is 0.831. The molecular weight excluding hydrogens is 332 g/mol. The summed E-state index contributed by atoms with van der Waals surface area (Å²) in [7, 11) is 3.78. The molecular formula is C18H22N6O2. The zero-order valence-corrected chi connectivity index (χ0v) is 15.0. The van der Waals surface area contributed by atoms with Crippen molar-refractivity contribution >= 4 is 11.8 Å². The van der Waals surface area contributed by atoms with Gasteiger partial charge in [0.15, 0.2) is 0 Å². The lowest BCUT2D eigenvalue weighted by molar-refractivity contribution is -0.130. The zero-order chi connectivity index (χ0) is 18.3. The molecule has 2 aliphatic heterocycles. The Morgan fingerprint density at radius 2 is 1.96 bits per heavy atom. The fourth-order valence-electron chi connectivity index (χ4n) is 4.38. The van der Waals surface area contributed by atoms with E-state index < -0.39 is 0 Å². The maximum absolute atomic E-state index is 12.6. The van der Waals surface area contributed by atoms with Crippen molar-refractivity contribution in [2.24, 2.45) is 7.05 Å². The van der Waals surface area contributed by atoms with Crippen LogP contribution in [0.2, 0.25) is 0 Å². The number of aryl methyl sites for hydroxylation is 1. The lowest BCUT2D eigenvalue weighted by atomic mass is 9.74. The molecule has 0 radical (unpaired) electrons. The van der Waals surface area contributed by atoms with Crippen LogP contribution in [0.15, 0.2) is 31.0 Å². The number of carbonyl (C=O) groups is 2. The molecule has 136 valence electrons. The molecule has 8 heteroatoms. The van der Waals surface area contributed by atoms with Crippen molar-refractivity contribution < 1.29 is 9.59 Å². The van der Waals surface area contributed by atoms with E-state index in [0.717, 1.165) is 18.4 Å². The van der Waals surface area contributed by atoms with Crippen LogP contribution >= 0.6 is 0 Å². The molecule has 2 aliphatic rings. The van der Waals surface area contributed by atoms with E-state index in [9.17, 15) is 9.59 Å². The Balaban J connectivity index is 1.55. The van der Waals surface area contributed by atoms with E-state index in [1.54, 1.807) is 10.9 Å². The lowest BCUT2D eigenvalue weighted by Gasteiger charge is -2.46. The number of hydrogen-bond acceptors (Lipinski definition) is 5. The van der Waals surface area contributed by atoms with E-state index in [1.807, 2.05) is 36.3 Å². The third kappa shape index (κ3) is 2.56. The van der Waals surface area contributed by atoms with Gasteiger partial charge in [-0.05, 0) is 18.4 Å². The number of hydrogen-bond donors (Lipinski definition) is 0. The summed E-state index contributed by atoms with van der Waals surface area (Å²) in [5.41, 5.74) is 1.21. The fraction of sp³-hybridized carbons (Fsp3) is 0.500. The molecule has 4 rings (SSSR count). The summed E-state index contributed by atoms with van der Waals surface area (Å²) < 4.78 is 1.78. The quantitative estimate of drug-likeness (QED) is 0.798. The van der Waals surface area contributed by atoms with Crippen LogP contribution in [-0.2, 0) is 11.8 Å². The molecule has 2 aromatic rings. The van der Waals surface area contributed by atoms with Crippen molar-refractivity contribution in [2.45, 2.75) is 30.7 Å². The first-order chi connectivity index (χ1) is 12.5. The Morgan fingerprint density at radius 3 is 2.58 bits per heavy atom. The standard InChI is InChI=1S/C18H22N6O2/c1-22-12-13(10-21-22)14-9-16(25)23(2)18(14)3-7-24(8-4-18)17(26)15-11-19-5-6-20-15/h5-6,10-12,14H,3-4,7-9H2,1-2H3/t14-/m1/s1. The first-order valence-corrected chi connectivity index (χ1v) is 8.82. The van der Waals surface area contributed by atoms with Crippen molar-refractivity contribution in [2.75, 3.05) is 20.1 Å². The summed E-state index contributed by atoms with van der Waals surface area (Å²) in [5, 5.41) is 4.28. The largest absolute Gasteiger partial charge is 0.339 e. The molecule has 0 aromatic carbocycles. The molecule has 2 amide bonds. The van der Waals surface area contributed by atoms with Crippen molar-refractivity contribution in [3.63, 3.8) is 0 Å². The van der Waals surface area contributed by atoms with Gasteiger partial charge < -0.3 is 9.80 Å². The molecule has 8 nitrogen and oxygen atoms in total. The van der Waals surface area contributed by atoms with Gasteiger partial charge in [-0.2, -0.15) is 5.10 Å². The Labute approximate surface area is 151 Å². The number of aromatic nitrogens is 4. The minimum Gasteiger partial charge on any atom is -0.339 e. The molecule has 0 bridgehead atoms. The fourth-order valence-corrected chi connectivity index (χ4v) is 4.38. The molecule has 2 fully saturated rings. The SMILES string of the molecule is CN1C(=O)C[C@H](c2cnn(C)c2)C12CCN(C(=O)c1cnccn1)CC2. The first kappa shape index (κ1) is 16.7. The van der Waals surface area contributed by atoms with Gasteiger partial charge in [-0.3, -0.25) is 19.3 Å². The van der Waals surface area contributed by atoms with Gasteiger partial charge in [0.1, 0.15) is 5.69 Å². The number of nitrogens with zero attached hydrogens (tertiary/aromatic N) is 6. The molecule has 0 unspecified atom stereocenters. The average molecular weight is 354 g/mol. The third-order valence-corrected chi connectivity index (χ3v) is 5.90. The summed E-state index contributed by atoms with van der Waals surface area (Å²) in [6.45, 7) is 1.20. The number of likely N-dealkylation sites (N-methyl/N-ethyl adjacent to an activating group) is 1. The van der Waals surface area contributed by atoms with Gasteiger partial charge in [0.2, 0.25) is 5.91 Å². The van der Waals surface area contributed by atoms with E-state index >= 15 is 0 Å². The summed E-state index contributed by atoms with van der Waals surface area (Å²) in [6, 6.07) is 0. The van der Waals surface area contributed by atoms with E-state index in [0.29, 0.717) is 25.2 Å². The second kappa shape index (κ2) is 6.19. The van der Waals surface area contributed by atoms with Gasteiger partial charge in [-0.1, -0.05) is 0 Å². The van der Waals surface area contributed by atoms with Gasteiger partial charge in [0.25, 0.3) is 5.91 Å². The Kier molecular flexibility index (Phi) is 3.97. The van der Waals surface area contributed by atoms with Crippen LogP contribution in [0.25, 0.3) is 0 Å². The highest BCUT2D eigenvalue weighted by molar-refractivity contribution is 5.92. The maximum Gasteiger partial charge on any atom is 0.274 e. The highest BCUT2D eigenvalue weighted by Crippen LogP contribution is 2.48. The first-order valence-electron chi connectivity index (χ1n) is 8.82.